The number of hydrogen-bond acceptors (Lipinski definition) is 2. The highest BCUT2D eigenvalue weighted by Crippen LogP contribution is 2.09. The molecule has 0 atom stereocenters. The zero-order valence-electron chi connectivity index (χ0n) is 6.08. The van der Waals surface area contributed by atoms with Crippen LogP contribution in [0.4, 0.5) is 0 Å². The molecule has 0 bridgehead atoms. The molecule has 0 amide bonds. The molecule has 0 aliphatic rings. The number of rotatable bonds is 1. The highest BCUT2D eigenvalue weighted by molar-refractivity contribution is 9.10. The lowest BCUT2D eigenvalue weighted by atomic mass is 9.80. The fourth-order valence-corrected chi connectivity index (χ4v) is 1.54. The molecule has 0 saturated carbocycles. The van der Waals surface area contributed by atoms with E-state index >= 15 is 0 Å². The summed E-state index contributed by atoms with van der Waals surface area (Å²) in [4.78, 5) is 0. The maximum absolute atomic E-state index is 8.81. The van der Waals surface area contributed by atoms with Crippen LogP contribution in [0.25, 0.3) is 0 Å². The third kappa shape index (κ3) is 2.32. The molecular weight excluding hydrogens is 207 g/mol. The van der Waals surface area contributed by atoms with Crippen LogP contribution in [0, 0.1) is 6.92 Å². The zero-order chi connectivity index (χ0) is 8.43. The van der Waals surface area contributed by atoms with Crippen molar-refractivity contribution in [3.8, 4) is 0 Å². The normalized spacial score (nSPS) is 9.82. The summed E-state index contributed by atoms with van der Waals surface area (Å²) in [5.41, 5.74) is 1.51. The molecule has 11 heavy (non-hydrogen) atoms. The van der Waals surface area contributed by atoms with Crippen LogP contribution in [-0.4, -0.2) is 17.2 Å². The summed E-state index contributed by atoms with van der Waals surface area (Å²) in [5.74, 6) is 0. The lowest BCUT2D eigenvalue weighted by Gasteiger charge is -2.01. The smallest absolute Gasteiger partial charge is 0.423 e. The zero-order valence-corrected chi connectivity index (χ0v) is 7.67. The van der Waals surface area contributed by atoms with Gasteiger partial charge in [-0.05, 0) is 24.5 Å². The fourth-order valence-electron chi connectivity index (χ4n) is 0.914. The summed E-state index contributed by atoms with van der Waals surface area (Å²) >= 11 is 3.26. The van der Waals surface area contributed by atoms with E-state index in [1.54, 1.807) is 12.1 Å². The van der Waals surface area contributed by atoms with Crippen LogP contribution < -0.4 is 5.46 Å². The monoisotopic (exact) mass is 214 g/mol. The molecule has 58 valence electrons. The van der Waals surface area contributed by atoms with Crippen LogP contribution in [0.2, 0.25) is 0 Å². The van der Waals surface area contributed by atoms with Gasteiger partial charge in [-0.2, -0.15) is 0 Å². The Morgan fingerprint density at radius 2 is 1.91 bits per heavy atom. The average molecular weight is 215 g/mol. The van der Waals surface area contributed by atoms with Crippen molar-refractivity contribution >= 4 is 28.5 Å². The Labute approximate surface area is 74.1 Å². The highest BCUT2D eigenvalue weighted by Gasteiger charge is 2.10. The van der Waals surface area contributed by atoms with E-state index in [1.807, 2.05) is 13.0 Å². The van der Waals surface area contributed by atoms with Gasteiger partial charge in [0.05, 0.1) is 0 Å². The first-order valence-electron chi connectivity index (χ1n) is 3.23. The van der Waals surface area contributed by atoms with Crippen molar-refractivity contribution in [2.75, 3.05) is 0 Å². The molecule has 0 fully saturated rings. The predicted molar refractivity (Wildman–Crippen MR) is 48.7 cm³/mol. The molecule has 1 rings (SSSR count). The Balaban J connectivity index is 3.08. The Bertz CT molecular complexity index is 242. The molecule has 0 radical (unpaired) electrons. The lowest BCUT2D eigenvalue weighted by Crippen LogP contribution is -2.29. The number of halogens is 1. The van der Waals surface area contributed by atoms with Gasteiger partial charge in [0.15, 0.2) is 0 Å². The first-order chi connectivity index (χ1) is 5.09. The first kappa shape index (κ1) is 8.78. The van der Waals surface area contributed by atoms with Crippen molar-refractivity contribution in [1.82, 2.24) is 0 Å². The van der Waals surface area contributed by atoms with E-state index in [0.717, 1.165) is 10.0 Å². The quantitative estimate of drug-likeness (QED) is 0.667. The molecule has 0 unspecified atom stereocenters. The maximum atomic E-state index is 8.81. The van der Waals surface area contributed by atoms with E-state index in [4.69, 9.17) is 10.0 Å². The van der Waals surface area contributed by atoms with Gasteiger partial charge in [-0.3, -0.25) is 0 Å². The van der Waals surface area contributed by atoms with E-state index in [1.165, 1.54) is 0 Å². The van der Waals surface area contributed by atoms with Crippen molar-refractivity contribution in [2.24, 2.45) is 0 Å². The van der Waals surface area contributed by atoms with Crippen LogP contribution >= 0.6 is 15.9 Å². The van der Waals surface area contributed by atoms with Gasteiger partial charge in [-0.25, -0.2) is 0 Å². The molecule has 2 nitrogen and oxygen atoms in total. The second-order valence-electron chi connectivity index (χ2n) is 2.44. The summed E-state index contributed by atoms with van der Waals surface area (Å²) in [5, 5.41) is 17.6. The topological polar surface area (TPSA) is 40.5 Å². The standard InChI is InChI=1S/C7H8BBrO2/c1-5-2-6(8(10)11)4-7(9)3-5/h2-4,10-11H,1H3. The Kier molecular flexibility index (Phi) is 2.70. The fraction of sp³-hybridized carbons (Fsp3) is 0.143. The Hall–Kier alpha value is -0.315. The molecule has 2 N–H and O–H groups in total. The minimum absolute atomic E-state index is 0.511. The molecule has 4 heteroatoms. The Morgan fingerprint density at radius 1 is 1.27 bits per heavy atom. The van der Waals surface area contributed by atoms with Crippen LogP contribution in [0.15, 0.2) is 22.7 Å². The van der Waals surface area contributed by atoms with Crippen LogP contribution in [0.3, 0.4) is 0 Å². The third-order valence-corrected chi connectivity index (χ3v) is 1.82. The Morgan fingerprint density at radius 3 is 2.36 bits per heavy atom. The van der Waals surface area contributed by atoms with E-state index in [-0.39, 0.29) is 0 Å². The minimum atomic E-state index is -1.38. The molecule has 1 aromatic rings. The second-order valence-corrected chi connectivity index (χ2v) is 3.35. The van der Waals surface area contributed by atoms with Gasteiger partial charge in [0.1, 0.15) is 0 Å². The largest absolute Gasteiger partial charge is 0.488 e. The van der Waals surface area contributed by atoms with Gasteiger partial charge in [-0.1, -0.05) is 27.6 Å². The molecule has 0 aliphatic carbocycles. The van der Waals surface area contributed by atoms with Gasteiger partial charge in [0, 0.05) is 4.47 Å². The van der Waals surface area contributed by atoms with Gasteiger partial charge >= 0.3 is 7.12 Å². The summed E-state index contributed by atoms with van der Waals surface area (Å²) in [6, 6.07) is 5.32. The molecule has 0 heterocycles. The van der Waals surface area contributed by atoms with Crippen molar-refractivity contribution in [3.63, 3.8) is 0 Å². The molecule has 0 aromatic heterocycles. The molecule has 0 spiro atoms. The van der Waals surface area contributed by atoms with Gasteiger partial charge in [-0.15, -0.1) is 0 Å². The van der Waals surface area contributed by atoms with Gasteiger partial charge in [0.2, 0.25) is 0 Å². The van der Waals surface area contributed by atoms with Crippen LogP contribution in [-0.2, 0) is 0 Å². The van der Waals surface area contributed by atoms with E-state index in [2.05, 4.69) is 15.9 Å². The third-order valence-electron chi connectivity index (χ3n) is 1.36. The summed E-state index contributed by atoms with van der Waals surface area (Å²) in [6.07, 6.45) is 0. The highest BCUT2D eigenvalue weighted by atomic mass is 79.9. The lowest BCUT2D eigenvalue weighted by molar-refractivity contribution is 0.425. The van der Waals surface area contributed by atoms with Crippen LogP contribution in [0.1, 0.15) is 5.56 Å². The summed E-state index contributed by atoms with van der Waals surface area (Å²) in [7, 11) is -1.38. The summed E-state index contributed by atoms with van der Waals surface area (Å²) in [6.45, 7) is 1.90. The van der Waals surface area contributed by atoms with Gasteiger partial charge in [0.25, 0.3) is 0 Å². The van der Waals surface area contributed by atoms with E-state index in [0.29, 0.717) is 5.46 Å². The van der Waals surface area contributed by atoms with Gasteiger partial charge < -0.3 is 10.0 Å². The molecule has 0 saturated heterocycles. The minimum Gasteiger partial charge on any atom is -0.423 e. The molecule has 1 aromatic carbocycles. The van der Waals surface area contributed by atoms with Crippen molar-refractivity contribution in [1.29, 1.82) is 0 Å². The van der Waals surface area contributed by atoms with Crippen LogP contribution in [0.5, 0.6) is 0 Å². The second kappa shape index (κ2) is 3.39. The number of aryl methyl sites for hydroxylation is 1. The van der Waals surface area contributed by atoms with Crippen molar-refractivity contribution in [3.05, 3.63) is 28.2 Å². The summed E-state index contributed by atoms with van der Waals surface area (Å²) < 4.78 is 0.862. The molecule has 0 aliphatic heterocycles. The molecular formula is C7H8BBrO2. The SMILES string of the molecule is Cc1cc(Br)cc(B(O)O)c1. The average Bonchev–Trinajstić information content (AvgIpc) is 1.85. The van der Waals surface area contributed by atoms with E-state index < -0.39 is 7.12 Å². The maximum Gasteiger partial charge on any atom is 0.488 e. The van der Waals surface area contributed by atoms with Crippen molar-refractivity contribution < 1.29 is 10.0 Å². The van der Waals surface area contributed by atoms with Crippen molar-refractivity contribution in [2.45, 2.75) is 6.92 Å². The number of hydrogen-bond donors (Lipinski definition) is 2. The van der Waals surface area contributed by atoms with E-state index in [9.17, 15) is 0 Å². The number of benzene rings is 1. The first-order valence-corrected chi connectivity index (χ1v) is 4.02. The predicted octanol–water partition coefficient (Wildman–Crippen LogP) is 0.437.